The molecule has 1 heterocycles. The average molecular weight is 252 g/mol. The van der Waals surface area contributed by atoms with Crippen LogP contribution in [0.5, 0.6) is 0 Å². The minimum atomic E-state index is -1.56. The van der Waals surface area contributed by atoms with Crippen molar-refractivity contribution in [3.05, 3.63) is 12.2 Å². The molecule has 1 aliphatic heterocycles. The largest absolute Gasteiger partial charge is 0.432 e. The number of esters is 1. The maximum atomic E-state index is 12.1. The van der Waals surface area contributed by atoms with E-state index >= 15 is 0 Å². The predicted molar refractivity (Wildman–Crippen MR) is 64.3 cm³/mol. The standard InChI is InChI=1S/C14H20O4/c1-8-3-4-10-9(7-8)5-6-14(17)12(16)18-11(15)13(10,14)2/h5-6,8-10,12,16-17H,3-4,7H2,1-2H3. The number of carbonyl (C=O) groups excluding carboxylic acids is 1. The number of allylic oxidation sites excluding steroid dienone is 1. The summed E-state index contributed by atoms with van der Waals surface area (Å²) in [6.45, 7) is 3.96. The second-order valence-electron chi connectivity index (χ2n) is 6.33. The number of cyclic esters (lactones) is 1. The summed E-state index contributed by atoms with van der Waals surface area (Å²) in [5.41, 5.74) is -2.57. The van der Waals surface area contributed by atoms with Gasteiger partial charge in [0.25, 0.3) is 0 Å². The molecule has 4 nitrogen and oxygen atoms in total. The second kappa shape index (κ2) is 3.58. The van der Waals surface area contributed by atoms with Crippen molar-refractivity contribution in [3.8, 4) is 0 Å². The third-order valence-electron chi connectivity index (χ3n) is 5.35. The van der Waals surface area contributed by atoms with Gasteiger partial charge in [0.05, 0.1) is 0 Å². The molecular weight excluding hydrogens is 232 g/mol. The van der Waals surface area contributed by atoms with Gasteiger partial charge in [0, 0.05) is 0 Å². The molecule has 3 rings (SSSR count). The van der Waals surface area contributed by atoms with E-state index in [2.05, 4.69) is 6.92 Å². The fourth-order valence-electron chi connectivity index (χ4n) is 4.06. The molecule has 1 saturated heterocycles. The minimum Gasteiger partial charge on any atom is -0.432 e. The van der Waals surface area contributed by atoms with Gasteiger partial charge in [0.2, 0.25) is 6.29 Å². The van der Waals surface area contributed by atoms with Crippen LogP contribution in [0.1, 0.15) is 33.1 Å². The molecular formula is C14H20O4. The van der Waals surface area contributed by atoms with E-state index in [0.29, 0.717) is 11.8 Å². The van der Waals surface area contributed by atoms with E-state index in [9.17, 15) is 15.0 Å². The van der Waals surface area contributed by atoms with Crippen LogP contribution in [0.2, 0.25) is 0 Å². The molecule has 100 valence electrons. The first-order valence-corrected chi connectivity index (χ1v) is 6.70. The van der Waals surface area contributed by atoms with Crippen LogP contribution < -0.4 is 0 Å². The summed E-state index contributed by atoms with van der Waals surface area (Å²) in [4.78, 5) is 12.1. The maximum absolute atomic E-state index is 12.1. The number of fused-ring (bicyclic) bond motifs is 3. The van der Waals surface area contributed by atoms with Crippen molar-refractivity contribution in [1.29, 1.82) is 0 Å². The van der Waals surface area contributed by atoms with Crippen molar-refractivity contribution >= 4 is 5.97 Å². The lowest BCUT2D eigenvalue weighted by molar-refractivity contribution is -0.168. The topological polar surface area (TPSA) is 66.8 Å². The fourth-order valence-corrected chi connectivity index (χ4v) is 4.06. The molecule has 4 heteroatoms. The molecule has 0 aromatic carbocycles. The van der Waals surface area contributed by atoms with Crippen molar-refractivity contribution in [2.75, 3.05) is 0 Å². The minimum absolute atomic E-state index is 0.0633. The molecule has 0 amide bonds. The highest BCUT2D eigenvalue weighted by molar-refractivity contribution is 5.82. The molecule has 0 aromatic rings. The zero-order valence-electron chi connectivity index (χ0n) is 10.8. The van der Waals surface area contributed by atoms with Gasteiger partial charge < -0.3 is 14.9 Å². The number of hydrogen-bond acceptors (Lipinski definition) is 4. The fraction of sp³-hybridized carbons (Fsp3) is 0.786. The zero-order chi connectivity index (χ0) is 13.1. The van der Waals surface area contributed by atoms with E-state index in [1.54, 1.807) is 13.0 Å². The van der Waals surface area contributed by atoms with Crippen LogP contribution in [-0.4, -0.2) is 28.1 Å². The summed E-state index contributed by atoms with van der Waals surface area (Å²) in [5.74, 6) is 0.546. The summed E-state index contributed by atoms with van der Waals surface area (Å²) < 4.78 is 4.91. The molecule has 18 heavy (non-hydrogen) atoms. The van der Waals surface area contributed by atoms with Gasteiger partial charge in [-0.15, -0.1) is 0 Å². The van der Waals surface area contributed by atoms with Crippen LogP contribution in [-0.2, 0) is 9.53 Å². The van der Waals surface area contributed by atoms with Crippen LogP contribution in [0, 0.1) is 23.2 Å². The van der Waals surface area contributed by atoms with Crippen LogP contribution in [0.4, 0.5) is 0 Å². The summed E-state index contributed by atoms with van der Waals surface area (Å²) in [5, 5.41) is 20.4. The molecule has 0 radical (unpaired) electrons. The van der Waals surface area contributed by atoms with E-state index in [4.69, 9.17) is 4.74 Å². The number of aliphatic hydroxyl groups excluding tert-OH is 1. The van der Waals surface area contributed by atoms with Crippen LogP contribution in [0.3, 0.4) is 0 Å². The Morgan fingerprint density at radius 3 is 2.89 bits per heavy atom. The van der Waals surface area contributed by atoms with Gasteiger partial charge in [-0.05, 0) is 43.6 Å². The van der Waals surface area contributed by atoms with Crippen molar-refractivity contribution in [3.63, 3.8) is 0 Å². The molecule has 6 atom stereocenters. The number of rotatable bonds is 0. The van der Waals surface area contributed by atoms with E-state index in [1.165, 1.54) is 0 Å². The Kier molecular flexibility index (Phi) is 2.42. The molecule has 0 spiro atoms. The molecule has 1 saturated carbocycles. The zero-order valence-corrected chi connectivity index (χ0v) is 10.8. The molecule has 2 fully saturated rings. The molecule has 0 bridgehead atoms. The third kappa shape index (κ3) is 1.25. The average Bonchev–Trinajstić information content (AvgIpc) is 2.50. The van der Waals surface area contributed by atoms with Gasteiger partial charge in [0.1, 0.15) is 5.41 Å². The Morgan fingerprint density at radius 2 is 2.17 bits per heavy atom. The van der Waals surface area contributed by atoms with Gasteiger partial charge in [-0.2, -0.15) is 0 Å². The Balaban J connectivity index is 2.06. The highest BCUT2D eigenvalue weighted by Crippen LogP contribution is 2.57. The van der Waals surface area contributed by atoms with E-state index in [0.717, 1.165) is 19.3 Å². The van der Waals surface area contributed by atoms with E-state index < -0.39 is 23.3 Å². The molecule has 6 unspecified atom stereocenters. The second-order valence-corrected chi connectivity index (χ2v) is 6.33. The Hall–Kier alpha value is -0.870. The molecule has 2 N–H and O–H groups in total. The lowest BCUT2D eigenvalue weighted by Gasteiger charge is -2.49. The smallest absolute Gasteiger partial charge is 0.318 e. The summed E-state index contributed by atoms with van der Waals surface area (Å²) in [6, 6.07) is 0. The van der Waals surface area contributed by atoms with Crippen LogP contribution in [0.15, 0.2) is 12.2 Å². The monoisotopic (exact) mass is 252 g/mol. The first-order valence-electron chi connectivity index (χ1n) is 6.70. The number of hydrogen-bond donors (Lipinski definition) is 2. The van der Waals surface area contributed by atoms with E-state index in [-0.39, 0.29) is 5.92 Å². The summed E-state index contributed by atoms with van der Waals surface area (Å²) in [7, 11) is 0. The maximum Gasteiger partial charge on any atom is 0.318 e. The lowest BCUT2D eigenvalue weighted by Crippen LogP contribution is -2.58. The van der Waals surface area contributed by atoms with Crippen molar-refractivity contribution in [1.82, 2.24) is 0 Å². The number of carbonyl (C=O) groups is 1. The quantitative estimate of drug-likeness (QED) is 0.502. The van der Waals surface area contributed by atoms with Crippen LogP contribution in [0.25, 0.3) is 0 Å². The first-order chi connectivity index (χ1) is 8.39. The lowest BCUT2D eigenvalue weighted by atomic mass is 9.54. The molecule has 0 aromatic heterocycles. The molecule has 2 aliphatic carbocycles. The normalized spacial score (nSPS) is 54.8. The SMILES string of the molecule is CC1CCC2C(C=CC3(O)C(O)OC(=O)C23C)C1. The van der Waals surface area contributed by atoms with Crippen LogP contribution >= 0.6 is 0 Å². The Bertz CT molecular complexity index is 418. The number of ether oxygens (including phenoxy) is 1. The van der Waals surface area contributed by atoms with Gasteiger partial charge >= 0.3 is 5.97 Å². The highest BCUT2D eigenvalue weighted by atomic mass is 16.7. The third-order valence-corrected chi connectivity index (χ3v) is 5.35. The first kappa shape index (κ1) is 12.2. The van der Waals surface area contributed by atoms with Gasteiger partial charge in [0.15, 0.2) is 5.60 Å². The van der Waals surface area contributed by atoms with Crippen molar-refractivity contribution < 1.29 is 19.7 Å². The van der Waals surface area contributed by atoms with Gasteiger partial charge in [-0.1, -0.05) is 19.4 Å². The number of aliphatic hydroxyl groups is 2. The van der Waals surface area contributed by atoms with Gasteiger partial charge in [-0.25, -0.2) is 0 Å². The molecule has 3 aliphatic rings. The Labute approximate surface area is 107 Å². The predicted octanol–water partition coefficient (Wildman–Crippen LogP) is 1.22. The van der Waals surface area contributed by atoms with Crippen molar-refractivity contribution in [2.24, 2.45) is 23.2 Å². The summed E-state index contributed by atoms with van der Waals surface area (Å²) in [6.07, 6.45) is 5.11. The summed E-state index contributed by atoms with van der Waals surface area (Å²) >= 11 is 0. The highest BCUT2D eigenvalue weighted by Gasteiger charge is 2.69. The van der Waals surface area contributed by atoms with Crippen molar-refractivity contribution in [2.45, 2.75) is 45.0 Å². The van der Waals surface area contributed by atoms with E-state index in [1.807, 2.05) is 6.08 Å². The van der Waals surface area contributed by atoms with Gasteiger partial charge in [-0.3, -0.25) is 4.79 Å². The Morgan fingerprint density at radius 1 is 1.44 bits per heavy atom.